The average molecular weight is 1660 g/mol. The van der Waals surface area contributed by atoms with Crippen molar-refractivity contribution in [2.24, 2.45) is 17.8 Å². The van der Waals surface area contributed by atoms with Crippen LogP contribution in [-0.4, -0.2) is 198 Å². The molecule has 28 nitrogen and oxygen atoms in total. The molecule has 3 saturated heterocycles. The van der Waals surface area contributed by atoms with E-state index in [4.69, 9.17) is 25.8 Å². The van der Waals surface area contributed by atoms with Crippen LogP contribution in [0, 0.1) is 17.8 Å². The fourth-order valence-corrected chi connectivity index (χ4v) is 20.8. The van der Waals surface area contributed by atoms with Crippen molar-refractivity contribution in [1.29, 1.82) is 0 Å². The van der Waals surface area contributed by atoms with Crippen LogP contribution in [-0.2, 0) is 77.9 Å². The lowest BCUT2D eigenvalue weighted by molar-refractivity contribution is -0.124. The molecule has 9 heterocycles. The number of ketones is 3. The fourth-order valence-electron chi connectivity index (χ4n) is 15.8. The predicted molar refractivity (Wildman–Crippen MR) is 420 cm³/mol. The number of amides is 3. The highest BCUT2D eigenvalue weighted by Crippen LogP contribution is 2.43. The molecule has 6 aliphatic rings. The fraction of sp³-hybridized carbons (Fsp3) is 0.385. The van der Waals surface area contributed by atoms with Gasteiger partial charge in [0.15, 0.2) is 9.92 Å². The van der Waals surface area contributed by atoms with Crippen molar-refractivity contribution < 1.29 is 68.2 Å². The lowest BCUT2D eigenvalue weighted by atomic mass is 9.89. The number of nitrogens with one attached hydrogen (secondary N) is 3. The van der Waals surface area contributed by atoms with Gasteiger partial charge in [-0.3, -0.25) is 38.5 Å². The molecule has 3 atom stereocenters. The zero-order chi connectivity index (χ0) is 78.6. The highest BCUT2D eigenvalue weighted by Gasteiger charge is 2.40. The first kappa shape index (κ1) is 80.0. The van der Waals surface area contributed by atoms with E-state index in [0.717, 1.165) is 89.4 Å². The molecule has 9 aromatic rings. The molecule has 0 bridgehead atoms. The number of piperidine rings is 3. The number of ether oxygens (including phenoxy) is 3. The number of aromatic amines is 3. The van der Waals surface area contributed by atoms with Gasteiger partial charge in [-0.2, -0.15) is 12.9 Å². The minimum absolute atomic E-state index is 0.0106. The number of hydrogen-bond acceptors (Lipinski definition) is 19. The number of nitrogens with zero attached hydrogens (tertiary/aromatic N) is 8. The maximum Gasteiger partial charge on any atom is 0.325 e. The van der Waals surface area contributed by atoms with E-state index in [1.54, 1.807) is 42.1 Å². The van der Waals surface area contributed by atoms with E-state index in [0.29, 0.717) is 119 Å². The van der Waals surface area contributed by atoms with E-state index in [9.17, 15) is 63.6 Å². The van der Waals surface area contributed by atoms with Crippen molar-refractivity contribution in [3.05, 3.63) is 186 Å². The minimum atomic E-state index is -4.19. The summed E-state index contributed by atoms with van der Waals surface area (Å²) in [5, 5.41) is 5.41. The summed E-state index contributed by atoms with van der Waals surface area (Å²) in [5.41, 5.74) is 5.10. The number of halogens is 2. The third-order valence-electron chi connectivity index (χ3n) is 21.3. The summed E-state index contributed by atoms with van der Waals surface area (Å²) >= 11 is 9.16. The van der Waals surface area contributed by atoms with Crippen molar-refractivity contribution in [2.45, 2.75) is 91.9 Å². The Balaban J connectivity index is 0.000000146. The van der Waals surface area contributed by atoms with Crippen LogP contribution in [0.3, 0.4) is 0 Å². The van der Waals surface area contributed by atoms with Gasteiger partial charge in [-0.25, -0.2) is 40.0 Å². The number of sulfonamides is 3. The number of imidazole rings is 1. The van der Waals surface area contributed by atoms with Gasteiger partial charge in [0, 0.05) is 182 Å². The Kier molecular flexibility index (Phi) is 24.6. The average Bonchev–Trinajstić information content (AvgIpc) is 1.61. The minimum Gasteiger partial charge on any atom is -0.385 e. The standard InChI is InChI=1S/C27H27BrClN3O5S.C26H28N4O7S.C25H28N4O5S/c1-37-12-4-11-32-23-9-8-17(20-6-2-7-21(25(20)23)27(32)34)13-24(33)18-5-3-10-31(16-18)38(35,36)19-14-22(28)26(29)30-15-19;1-37-12-4-11-30-20-9-8-16(18-6-2-7-19(23(18)20)25(30)33)13-21(31)17-5-3-10-29(15-17)38(35,36)22-14-27-26(34)28-24(22)32;1-34-12-4-11-29-21-9-8-17(19-6-2-7-20(24(19)21)25(29)31)13-22(30)18-5-3-10-28(15-18)35(32,33)23-14-26-16-27-23/h2,6-9,14-15,18H,3-5,10-13,16H2,1H3;2,6-9,14,17H,3-5,10-13,15H2,1H3,(H2,27,28,32,34);2,6-9,14,16,18H,3-5,10-13,15H2,1H3,(H,26,27). The molecule has 6 aliphatic heterocycles. The number of Topliss-reactive ketones (excluding diaryl/α,β-unsaturated/α-hetero) is 3. The summed E-state index contributed by atoms with van der Waals surface area (Å²) in [5.74, 6) is -1.60. The first-order valence-electron chi connectivity index (χ1n) is 36.6. The monoisotopic (exact) mass is 1660 g/mol. The smallest absolute Gasteiger partial charge is 0.325 e. The van der Waals surface area contributed by atoms with Gasteiger partial charge in [0.25, 0.3) is 33.3 Å². The van der Waals surface area contributed by atoms with Crippen LogP contribution in [0.2, 0.25) is 5.15 Å². The second-order valence-corrected chi connectivity index (χ2v) is 35.1. The number of rotatable bonds is 27. The van der Waals surface area contributed by atoms with E-state index in [1.165, 1.54) is 33.4 Å². The molecule has 111 heavy (non-hydrogen) atoms. The molecule has 0 aliphatic carbocycles. The lowest BCUT2D eigenvalue weighted by Gasteiger charge is -2.31. The molecule has 33 heteroatoms. The van der Waals surface area contributed by atoms with Gasteiger partial charge >= 0.3 is 5.69 Å². The quantitative estimate of drug-likeness (QED) is 0.0319. The van der Waals surface area contributed by atoms with E-state index >= 15 is 0 Å². The van der Waals surface area contributed by atoms with Crippen molar-refractivity contribution in [1.82, 2.24) is 37.8 Å². The van der Waals surface area contributed by atoms with Crippen LogP contribution in [0.1, 0.15) is 106 Å². The van der Waals surface area contributed by atoms with Gasteiger partial charge in [-0.05, 0) is 149 Å². The van der Waals surface area contributed by atoms with E-state index in [2.05, 4.69) is 35.9 Å². The molecule has 3 unspecified atom stereocenters. The van der Waals surface area contributed by atoms with Crippen molar-refractivity contribution in [3.63, 3.8) is 0 Å². The molecule has 0 spiro atoms. The zero-order valence-corrected chi connectivity index (χ0v) is 66.0. The Bertz CT molecular complexity index is 5630. The number of pyridine rings is 1. The van der Waals surface area contributed by atoms with Crippen LogP contribution >= 0.6 is 27.5 Å². The van der Waals surface area contributed by atoms with Crippen molar-refractivity contribution in [3.8, 4) is 0 Å². The highest BCUT2D eigenvalue weighted by molar-refractivity contribution is 9.10. The second-order valence-electron chi connectivity index (χ2n) is 28.2. The summed E-state index contributed by atoms with van der Waals surface area (Å²) < 4.78 is 98.1. The summed E-state index contributed by atoms with van der Waals surface area (Å²) in [6.07, 6.45) is 10.8. The third kappa shape index (κ3) is 16.3. The predicted octanol–water partition coefficient (Wildman–Crippen LogP) is 9.06. The molecule has 3 aromatic heterocycles. The Morgan fingerprint density at radius 2 is 0.919 bits per heavy atom. The number of hydrogen-bond donors (Lipinski definition) is 3. The molecule has 584 valence electrons. The molecular formula is C78H83BrClN11O17S3. The van der Waals surface area contributed by atoms with Crippen LogP contribution in [0.15, 0.2) is 151 Å². The Labute approximate surface area is 654 Å². The molecule has 0 radical (unpaired) electrons. The molecule has 0 saturated carbocycles. The first-order chi connectivity index (χ1) is 53.3. The van der Waals surface area contributed by atoms with Gasteiger partial charge in [0.1, 0.15) is 27.4 Å². The van der Waals surface area contributed by atoms with Crippen LogP contribution in [0.25, 0.3) is 32.3 Å². The van der Waals surface area contributed by atoms with Gasteiger partial charge < -0.3 is 38.9 Å². The van der Waals surface area contributed by atoms with Crippen LogP contribution < -0.4 is 25.9 Å². The molecule has 15 rings (SSSR count). The number of carbonyl (C=O) groups excluding carboxylic acids is 6. The van der Waals surface area contributed by atoms with E-state index < -0.39 is 58.1 Å². The molecule has 6 aromatic carbocycles. The van der Waals surface area contributed by atoms with Gasteiger partial charge in [-0.15, -0.1) is 0 Å². The maximum absolute atomic E-state index is 13.5. The van der Waals surface area contributed by atoms with Gasteiger partial charge in [-0.1, -0.05) is 66.2 Å². The summed E-state index contributed by atoms with van der Waals surface area (Å²) in [6, 6.07) is 29.6. The van der Waals surface area contributed by atoms with Crippen molar-refractivity contribution in [2.75, 3.05) is 115 Å². The van der Waals surface area contributed by atoms with Gasteiger partial charge in [0.05, 0.1) is 34.1 Å². The normalized spacial score (nSPS) is 18.1. The number of benzene rings is 6. The maximum atomic E-state index is 13.5. The molecular weight excluding hydrogens is 1570 g/mol. The summed E-state index contributed by atoms with van der Waals surface area (Å²) in [6.45, 7) is 4.46. The van der Waals surface area contributed by atoms with Crippen molar-refractivity contribution >= 4 is 142 Å². The third-order valence-corrected chi connectivity index (χ3v) is 28.0. The molecule has 3 N–H and O–H groups in total. The van der Waals surface area contributed by atoms with E-state index in [-0.39, 0.29) is 102 Å². The van der Waals surface area contributed by atoms with Crippen LogP contribution in [0.5, 0.6) is 0 Å². The number of anilines is 3. The topological polar surface area (TPSA) is 359 Å². The lowest BCUT2D eigenvalue weighted by Crippen LogP contribution is -2.44. The second kappa shape index (κ2) is 34.1. The molecule has 3 amide bonds. The number of carbonyl (C=O) groups is 6. The number of methoxy groups -OCH3 is 3. The highest BCUT2D eigenvalue weighted by atomic mass is 79.9. The van der Waals surface area contributed by atoms with Gasteiger partial charge in [0.2, 0.25) is 20.0 Å². The molecule has 3 fully saturated rings. The Morgan fingerprint density at radius 3 is 1.29 bits per heavy atom. The first-order valence-corrected chi connectivity index (χ1v) is 42.1. The zero-order valence-electron chi connectivity index (χ0n) is 61.2. The summed E-state index contributed by atoms with van der Waals surface area (Å²) in [4.78, 5) is 122. The number of aromatic nitrogens is 5. The summed E-state index contributed by atoms with van der Waals surface area (Å²) in [7, 11) is -6.82. The SMILES string of the molecule is COCCCN1C(=O)c2cccc3c(CC(=O)C4CCCN(S(=O)(=O)c5c[nH]c(=O)[nH]c5=O)C4)ccc1c23.COCCCN1C(=O)c2cccc3c(CC(=O)C4CCCN(S(=O)(=O)c5cnc(Cl)c(Br)c5)C4)ccc1c23.COCCCN1C(=O)c2cccc3c(CC(=O)C4CCCN(S(=O)(=O)c5cnc[nH]5)C4)ccc1c23. The largest absolute Gasteiger partial charge is 0.385 e. The van der Waals surface area contributed by atoms with E-state index in [1.807, 2.05) is 89.9 Å². The Hall–Kier alpha value is -9.06. The Morgan fingerprint density at radius 1 is 0.523 bits per heavy atom. The number of H-pyrrole nitrogens is 3. The van der Waals surface area contributed by atoms with Crippen LogP contribution in [0.4, 0.5) is 17.1 Å².